The van der Waals surface area contributed by atoms with Crippen molar-refractivity contribution >= 4 is 11.8 Å². The molecule has 1 rings (SSSR count). The van der Waals surface area contributed by atoms with E-state index < -0.39 is 11.6 Å². The lowest BCUT2D eigenvalue weighted by Crippen LogP contribution is -2.43. The Morgan fingerprint density at radius 3 is 2.33 bits per heavy atom. The number of benzene rings is 1. The van der Waals surface area contributed by atoms with Crippen LogP contribution >= 0.6 is 0 Å². The van der Waals surface area contributed by atoms with Gasteiger partial charge in [0.25, 0.3) is 0 Å². The molecule has 0 atom stereocenters. The summed E-state index contributed by atoms with van der Waals surface area (Å²) in [5.41, 5.74) is -0.714. The van der Waals surface area contributed by atoms with E-state index in [1.165, 1.54) is 6.92 Å². The van der Waals surface area contributed by atoms with Crippen molar-refractivity contribution in [3.05, 3.63) is 29.8 Å². The maximum Gasteiger partial charge on any atom is 0.348 e. The van der Waals surface area contributed by atoms with Crippen molar-refractivity contribution in [2.24, 2.45) is 0 Å². The van der Waals surface area contributed by atoms with E-state index in [2.05, 4.69) is 0 Å². The largest absolute Gasteiger partial charge is 0.478 e. The van der Waals surface area contributed by atoms with Crippen molar-refractivity contribution < 1.29 is 19.4 Å². The summed E-state index contributed by atoms with van der Waals surface area (Å²) >= 11 is 0. The molecular formula is C14H18O4. The SMILES string of the molecule is CCC(CC)(Oc1cccc(C(C)=O)c1)C(=O)O. The van der Waals surface area contributed by atoms with Crippen molar-refractivity contribution in [2.75, 3.05) is 0 Å². The summed E-state index contributed by atoms with van der Waals surface area (Å²) in [6, 6.07) is 6.60. The molecule has 0 unspecified atom stereocenters. The summed E-state index contributed by atoms with van der Waals surface area (Å²) in [4.78, 5) is 22.6. The molecule has 18 heavy (non-hydrogen) atoms. The van der Waals surface area contributed by atoms with Crippen LogP contribution in [0, 0.1) is 0 Å². The molecule has 4 heteroatoms. The summed E-state index contributed by atoms with van der Waals surface area (Å²) in [6.07, 6.45) is 0.728. The van der Waals surface area contributed by atoms with Crippen LogP contribution in [0.3, 0.4) is 0 Å². The fourth-order valence-corrected chi connectivity index (χ4v) is 1.74. The predicted octanol–water partition coefficient (Wildman–Crippen LogP) is 2.91. The quantitative estimate of drug-likeness (QED) is 0.788. The number of carbonyl (C=O) groups excluding carboxylic acids is 1. The highest BCUT2D eigenvalue weighted by Crippen LogP contribution is 2.25. The van der Waals surface area contributed by atoms with Gasteiger partial charge in [0, 0.05) is 5.56 Å². The molecule has 0 spiro atoms. The van der Waals surface area contributed by atoms with Crippen molar-refractivity contribution in [1.29, 1.82) is 0 Å². The third-order valence-electron chi connectivity index (χ3n) is 3.09. The molecule has 0 aliphatic rings. The molecule has 1 aromatic rings. The van der Waals surface area contributed by atoms with Gasteiger partial charge in [0.1, 0.15) is 5.75 Å². The summed E-state index contributed by atoms with van der Waals surface area (Å²) in [7, 11) is 0. The van der Waals surface area contributed by atoms with Gasteiger partial charge in [-0.25, -0.2) is 4.79 Å². The number of ether oxygens (including phenoxy) is 1. The topological polar surface area (TPSA) is 63.6 Å². The fraction of sp³-hybridized carbons (Fsp3) is 0.429. The minimum Gasteiger partial charge on any atom is -0.478 e. The van der Waals surface area contributed by atoms with Crippen LogP contribution in [0.5, 0.6) is 5.75 Å². The first kappa shape index (κ1) is 14.2. The molecule has 0 saturated carbocycles. The second kappa shape index (κ2) is 5.67. The van der Waals surface area contributed by atoms with Crippen LogP contribution in [-0.2, 0) is 4.79 Å². The van der Waals surface area contributed by atoms with Crippen LogP contribution in [0.1, 0.15) is 44.0 Å². The van der Waals surface area contributed by atoms with Gasteiger partial charge in [-0.1, -0.05) is 26.0 Å². The van der Waals surface area contributed by atoms with Gasteiger partial charge in [-0.15, -0.1) is 0 Å². The summed E-state index contributed by atoms with van der Waals surface area (Å²) in [5, 5.41) is 9.27. The van der Waals surface area contributed by atoms with Gasteiger partial charge in [0.15, 0.2) is 5.78 Å². The molecule has 0 radical (unpaired) electrons. The van der Waals surface area contributed by atoms with Crippen LogP contribution in [-0.4, -0.2) is 22.5 Å². The highest BCUT2D eigenvalue weighted by molar-refractivity contribution is 5.94. The van der Waals surface area contributed by atoms with Gasteiger partial charge in [-0.3, -0.25) is 4.79 Å². The zero-order valence-corrected chi connectivity index (χ0v) is 10.9. The second-order valence-corrected chi connectivity index (χ2v) is 4.19. The van der Waals surface area contributed by atoms with Crippen molar-refractivity contribution in [3.8, 4) is 5.75 Å². The van der Waals surface area contributed by atoms with Crippen molar-refractivity contribution in [3.63, 3.8) is 0 Å². The molecule has 1 aromatic carbocycles. The normalized spacial score (nSPS) is 11.1. The number of hydrogen-bond acceptors (Lipinski definition) is 3. The number of carboxylic acid groups (broad SMARTS) is 1. The number of Topliss-reactive ketones (excluding diaryl/α,β-unsaturated/α-hetero) is 1. The third kappa shape index (κ3) is 2.88. The van der Waals surface area contributed by atoms with Crippen LogP contribution in [0.15, 0.2) is 24.3 Å². The standard InChI is InChI=1S/C14H18O4/c1-4-14(5-2,13(16)17)18-12-8-6-7-11(9-12)10(3)15/h6-9H,4-5H2,1-3H3,(H,16,17). The Balaban J connectivity index is 3.05. The van der Waals surface area contributed by atoms with E-state index in [4.69, 9.17) is 4.74 Å². The van der Waals surface area contributed by atoms with Gasteiger partial charge in [-0.05, 0) is 31.9 Å². The molecule has 0 heterocycles. The molecule has 4 nitrogen and oxygen atoms in total. The molecule has 0 saturated heterocycles. The number of carboxylic acids is 1. The Hall–Kier alpha value is -1.84. The predicted molar refractivity (Wildman–Crippen MR) is 68.0 cm³/mol. The zero-order valence-electron chi connectivity index (χ0n) is 10.9. The molecule has 0 bridgehead atoms. The Morgan fingerprint density at radius 2 is 1.89 bits per heavy atom. The van der Waals surface area contributed by atoms with Gasteiger partial charge < -0.3 is 9.84 Å². The molecule has 98 valence electrons. The number of carbonyl (C=O) groups is 2. The fourth-order valence-electron chi connectivity index (χ4n) is 1.74. The maximum absolute atomic E-state index is 11.3. The van der Waals surface area contributed by atoms with Gasteiger partial charge in [0.2, 0.25) is 5.60 Å². The molecule has 0 aromatic heterocycles. The lowest BCUT2D eigenvalue weighted by molar-refractivity contribution is -0.156. The second-order valence-electron chi connectivity index (χ2n) is 4.19. The monoisotopic (exact) mass is 250 g/mol. The van der Waals surface area contributed by atoms with Crippen LogP contribution in [0.4, 0.5) is 0 Å². The molecule has 0 aliphatic carbocycles. The lowest BCUT2D eigenvalue weighted by atomic mass is 9.97. The highest BCUT2D eigenvalue weighted by atomic mass is 16.5. The Bertz CT molecular complexity index is 447. The van der Waals surface area contributed by atoms with E-state index in [-0.39, 0.29) is 5.78 Å². The lowest BCUT2D eigenvalue weighted by Gasteiger charge is -2.28. The average molecular weight is 250 g/mol. The first-order valence-electron chi connectivity index (χ1n) is 5.98. The minimum absolute atomic E-state index is 0.0747. The Kier molecular flexibility index (Phi) is 4.48. The van der Waals surface area contributed by atoms with Crippen molar-refractivity contribution in [2.45, 2.75) is 39.2 Å². The first-order valence-corrected chi connectivity index (χ1v) is 5.98. The van der Waals surface area contributed by atoms with E-state index in [0.29, 0.717) is 24.2 Å². The average Bonchev–Trinajstić information content (AvgIpc) is 2.36. The van der Waals surface area contributed by atoms with Gasteiger partial charge >= 0.3 is 5.97 Å². The molecule has 1 N–H and O–H groups in total. The number of rotatable bonds is 6. The van der Waals surface area contributed by atoms with E-state index in [9.17, 15) is 14.7 Å². The van der Waals surface area contributed by atoms with E-state index >= 15 is 0 Å². The Morgan fingerprint density at radius 1 is 1.28 bits per heavy atom. The van der Waals surface area contributed by atoms with Crippen LogP contribution in [0.2, 0.25) is 0 Å². The zero-order chi connectivity index (χ0) is 13.8. The number of ketones is 1. The molecule has 0 amide bonds. The summed E-state index contributed by atoms with van der Waals surface area (Å²) < 4.78 is 5.60. The first-order chi connectivity index (χ1) is 8.45. The van der Waals surface area contributed by atoms with Gasteiger partial charge in [0.05, 0.1) is 0 Å². The van der Waals surface area contributed by atoms with Gasteiger partial charge in [-0.2, -0.15) is 0 Å². The third-order valence-corrected chi connectivity index (χ3v) is 3.09. The van der Waals surface area contributed by atoms with E-state index in [0.717, 1.165) is 0 Å². The number of aliphatic carboxylic acids is 1. The molecule has 0 aliphatic heterocycles. The minimum atomic E-state index is -1.23. The summed E-state index contributed by atoms with van der Waals surface area (Å²) in [6.45, 7) is 5.00. The van der Waals surface area contributed by atoms with E-state index in [1.807, 2.05) is 0 Å². The van der Waals surface area contributed by atoms with Crippen LogP contribution < -0.4 is 4.74 Å². The summed E-state index contributed by atoms with van der Waals surface area (Å²) in [5.74, 6) is -0.649. The van der Waals surface area contributed by atoms with Crippen LogP contribution in [0.25, 0.3) is 0 Å². The highest BCUT2D eigenvalue weighted by Gasteiger charge is 2.37. The Labute approximate surface area is 107 Å². The van der Waals surface area contributed by atoms with Crippen molar-refractivity contribution in [1.82, 2.24) is 0 Å². The molecular weight excluding hydrogens is 232 g/mol. The van der Waals surface area contributed by atoms with E-state index in [1.54, 1.807) is 38.1 Å². The maximum atomic E-state index is 11.3. The molecule has 0 fully saturated rings. The number of hydrogen-bond donors (Lipinski definition) is 1. The smallest absolute Gasteiger partial charge is 0.348 e.